The van der Waals surface area contributed by atoms with Crippen LogP contribution < -0.4 is 5.32 Å². The summed E-state index contributed by atoms with van der Waals surface area (Å²) in [6.45, 7) is 0. The third kappa shape index (κ3) is 0.885. The Bertz CT molecular complexity index is 243. The molecule has 0 aliphatic carbocycles. The van der Waals surface area contributed by atoms with Crippen molar-refractivity contribution in [1.29, 1.82) is 0 Å². The lowest BCUT2D eigenvalue weighted by molar-refractivity contribution is 1.22. The number of hydrogen-bond acceptors (Lipinski definition) is 3. The van der Waals surface area contributed by atoms with Crippen molar-refractivity contribution in [1.82, 2.24) is 4.98 Å². The average Bonchev–Trinajstić information content (AvgIpc) is 2.05. The molecule has 1 aliphatic rings. The fraction of sp³-hybridized carbons (Fsp3) is 0. The Morgan fingerprint density at radius 3 is 3.40 bits per heavy atom. The van der Waals surface area contributed by atoms with Gasteiger partial charge in [0.15, 0.2) is 0 Å². The fourth-order valence-corrected chi connectivity index (χ4v) is 1.48. The molecule has 1 aromatic rings. The smallest absolute Gasteiger partial charge is 0.143 e. The third-order valence-corrected chi connectivity index (χ3v) is 2.11. The first-order valence-electron chi connectivity index (χ1n) is 3.00. The minimum atomic E-state index is 0.954. The second-order valence-electron chi connectivity index (χ2n) is 1.92. The molecule has 1 N–H and O–H groups in total. The molecule has 2 nitrogen and oxygen atoms in total. The quantitative estimate of drug-likeness (QED) is 0.612. The van der Waals surface area contributed by atoms with Gasteiger partial charge in [-0.1, -0.05) is 11.8 Å². The molecule has 0 radical (unpaired) electrons. The van der Waals surface area contributed by atoms with Gasteiger partial charge >= 0.3 is 0 Å². The highest BCUT2D eigenvalue weighted by Gasteiger charge is 2.02. The number of pyridine rings is 1. The second-order valence-corrected chi connectivity index (χ2v) is 2.86. The van der Waals surface area contributed by atoms with Gasteiger partial charge < -0.3 is 5.32 Å². The van der Waals surface area contributed by atoms with Crippen LogP contribution in [0.1, 0.15) is 0 Å². The zero-order chi connectivity index (χ0) is 6.81. The molecular formula is C7H6N2S. The Labute approximate surface area is 63.4 Å². The lowest BCUT2D eigenvalue weighted by atomic mass is 10.4. The standard InChI is InChI=1S/C7H6N2S/c1-2-6-7(8-3-1)9-4-5-10-6/h1-5H,(H,8,9). The van der Waals surface area contributed by atoms with Crippen molar-refractivity contribution in [2.45, 2.75) is 4.90 Å². The maximum Gasteiger partial charge on any atom is 0.143 e. The Hall–Kier alpha value is -0.960. The Balaban J connectivity index is 2.47. The first kappa shape index (κ1) is 5.80. The number of anilines is 1. The summed E-state index contributed by atoms with van der Waals surface area (Å²) in [5.74, 6) is 0.954. The minimum absolute atomic E-state index is 0.954. The summed E-state index contributed by atoms with van der Waals surface area (Å²) in [6.07, 6.45) is 3.67. The summed E-state index contributed by atoms with van der Waals surface area (Å²) < 4.78 is 0. The summed E-state index contributed by atoms with van der Waals surface area (Å²) in [7, 11) is 0. The van der Waals surface area contributed by atoms with Gasteiger partial charge in [-0.05, 0) is 17.5 Å². The second kappa shape index (κ2) is 2.34. The van der Waals surface area contributed by atoms with E-state index < -0.39 is 0 Å². The molecular weight excluding hydrogens is 144 g/mol. The molecule has 1 aromatic heterocycles. The van der Waals surface area contributed by atoms with Gasteiger partial charge in [0, 0.05) is 12.4 Å². The molecule has 0 fully saturated rings. The van der Waals surface area contributed by atoms with Crippen molar-refractivity contribution in [3.8, 4) is 0 Å². The van der Waals surface area contributed by atoms with Crippen LogP contribution in [-0.2, 0) is 0 Å². The van der Waals surface area contributed by atoms with Gasteiger partial charge in [-0.3, -0.25) is 0 Å². The van der Waals surface area contributed by atoms with Gasteiger partial charge in [0.05, 0.1) is 4.90 Å². The SMILES string of the molecule is C1=CSc2cccnc2N1. The van der Waals surface area contributed by atoms with E-state index in [1.807, 2.05) is 23.7 Å². The van der Waals surface area contributed by atoms with E-state index in [1.165, 1.54) is 4.90 Å². The van der Waals surface area contributed by atoms with Gasteiger partial charge in [-0.2, -0.15) is 0 Å². The molecule has 0 unspecified atom stereocenters. The lowest BCUT2D eigenvalue weighted by Crippen LogP contribution is -1.95. The van der Waals surface area contributed by atoms with Crippen LogP contribution >= 0.6 is 11.8 Å². The van der Waals surface area contributed by atoms with Crippen LogP contribution in [0.2, 0.25) is 0 Å². The first-order valence-corrected chi connectivity index (χ1v) is 3.88. The number of rotatable bonds is 0. The summed E-state index contributed by atoms with van der Waals surface area (Å²) in [5.41, 5.74) is 0. The third-order valence-electron chi connectivity index (χ3n) is 1.25. The van der Waals surface area contributed by atoms with E-state index >= 15 is 0 Å². The monoisotopic (exact) mass is 150 g/mol. The van der Waals surface area contributed by atoms with E-state index in [2.05, 4.69) is 10.3 Å². The van der Waals surface area contributed by atoms with E-state index in [0.29, 0.717) is 0 Å². The van der Waals surface area contributed by atoms with Crippen molar-refractivity contribution in [2.75, 3.05) is 5.32 Å². The number of hydrogen-bond donors (Lipinski definition) is 1. The van der Waals surface area contributed by atoms with E-state index in [9.17, 15) is 0 Å². The molecule has 0 aromatic carbocycles. The predicted molar refractivity (Wildman–Crippen MR) is 42.9 cm³/mol. The molecule has 50 valence electrons. The molecule has 0 saturated carbocycles. The summed E-state index contributed by atoms with van der Waals surface area (Å²) in [6, 6.07) is 3.98. The van der Waals surface area contributed by atoms with Crippen LogP contribution in [0.3, 0.4) is 0 Å². The molecule has 3 heteroatoms. The maximum absolute atomic E-state index is 4.14. The van der Waals surface area contributed by atoms with Gasteiger partial charge in [0.1, 0.15) is 5.82 Å². The molecule has 0 bridgehead atoms. The summed E-state index contributed by atoms with van der Waals surface area (Å²) >= 11 is 1.68. The number of thioether (sulfide) groups is 1. The van der Waals surface area contributed by atoms with Gasteiger partial charge in [0.25, 0.3) is 0 Å². The van der Waals surface area contributed by atoms with Crippen LogP contribution in [0.25, 0.3) is 0 Å². The molecule has 0 atom stereocenters. The van der Waals surface area contributed by atoms with Crippen LogP contribution in [-0.4, -0.2) is 4.98 Å². The zero-order valence-electron chi connectivity index (χ0n) is 5.24. The highest BCUT2D eigenvalue weighted by molar-refractivity contribution is 8.02. The first-order chi connectivity index (χ1) is 4.97. The van der Waals surface area contributed by atoms with E-state index in [-0.39, 0.29) is 0 Å². The topological polar surface area (TPSA) is 24.9 Å². The molecule has 2 heterocycles. The minimum Gasteiger partial charge on any atom is -0.345 e. The van der Waals surface area contributed by atoms with Gasteiger partial charge in [-0.25, -0.2) is 4.98 Å². The predicted octanol–water partition coefficient (Wildman–Crippen LogP) is 2.07. The van der Waals surface area contributed by atoms with Crippen molar-refractivity contribution in [2.24, 2.45) is 0 Å². The van der Waals surface area contributed by atoms with Crippen molar-refractivity contribution in [3.63, 3.8) is 0 Å². The normalized spacial score (nSPS) is 14.0. The Kier molecular flexibility index (Phi) is 1.36. The largest absolute Gasteiger partial charge is 0.345 e. The van der Waals surface area contributed by atoms with Crippen molar-refractivity contribution in [3.05, 3.63) is 29.9 Å². The fourth-order valence-electron chi connectivity index (χ4n) is 0.814. The van der Waals surface area contributed by atoms with E-state index in [1.54, 1.807) is 18.0 Å². The molecule has 10 heavy (non-hydrogen) atoms. The molecule has 0 saturated heterocycles. The van der Waals surface area contributed by atoms with Crippen molar-refractivity contribution >= 4 is 17.6 Å². The zero-order valence-corrected chi connectivity index (χ0v) is 6.06. The molecule has 1 aliphatic heterocycles. The Morgan fingerprint density at radius 2 is 2.50 bits per heavy atom. The van der Waals surface area contributed by atoms with E-state index in [4.69, 9.17) is 0 Å². The highest BCUT2D eigenvalue weighted by atomic mass is 32.2. The highest BCUT2D eigenvalue weighted by Crippen LogP contribution is 2.28. The average molecular weight is 150 g/mol. The molecule has 0 amide bonds. The molecule has 0 spiro atoms. The van der Waals surface area contributed by atoms with Crippen LogP contribution in [0.15, 0.2) is 34.8 Å². The number of aromatic nitrogens is 1. The van der Waals surface area contributed by atoms with Crippen LogP contribution in [0.4, 0.5) is 5.82 Å². The Morgan fingerprint density at radius 1 is 1.50 bits per heavy atom. The number of fused-ring (bicyclic) bond motifs is 1. The lowest BCUT2D eigenvalue weighted by Gasteiger charge is -2.08. The summed E-state index contributed by atoms with van der Waals surface area (Å²) in [5, 5.41) is 5.05. The van der Waals surface area contributed by atoms with Crippen molar-refractivity contribution < 1.29 is 0 Å². The van der Waals surface area contributed by atoms with Crippen LogP contribution in [0.5, 0.6) is 0 Å². The van der Waals surface area contributed by atoms with Gasteiger partial charge in [-0.15, -0.1) is 0 Å². The van der Waals surface area contributed by atoms with E-state index in [0.717, 1.165) is 5.82 Å². The number of nitrogens with zero attached hydrogens (tertiary/aromatic N) is 1. The number of nitrogens with one attached hydrogen (secondary N) is 1. The van der Waals surface area contributed by atoms with Gasteiger partial charge in [0.2, 0.25) is 0 Å². The molecule has 2 rings (SSSR count). The maximum atomic E-state index is 4.14. The summed E-state index contributed by atoms with van der Waals surface area (Å²) in [4.78, 5) is 5.32. The van der Waals surface area contributed by atoms with Crippen LogP contribution in [0, 0.1) is 0 Å².